The monoisotopic (exact) mass is 195 g/mol. The van der Waals surface area contributed by atoms with Gasteiger partial charge in [-0.15, -0.1) is 0 Å². The number of carbonyl (C=O) groups is 1. The molecule has 1 aliphatic rings. The summed E-state index contributed by atoms with van der Waals surface area (Å²) in [6.07, 6.45) is 4.80. The predicted molar refractivity (Wildman–Crippen MR) is 58.8 cm³/mol. The SMILES string of the molecule is CC(=O)NC1=C(C)CCCCC1(C)C. The van der Waals surface area contributed by atoms with E-state index in [9.17, 15) is 4.79 Å². The first-order valence-electron chi connectivity index (χ1n) is 5.41. The van der Waals surface area contributed by atoms with E-state index in [0.717, 1.165) is 12.1 Å². The molecule has 0 aromatic carbocycles. The van der Waals surface area contributed by atoms with E-state index < -0.39 is 0 Å². The van der Waals surface area contributed by atoms with Crippen LogP contribution in [0, 0.1) is 5.41 Å². The van der Waals surface area contributed by atoms with Gasteiger partial charge in [-0.25, -0.2) is 0 Å². The van der Waals surface area contributed by atoms with Crippen LogP contribution >= 0.6 is 0 Å². The third-order valence-corrected chi connectivity index (χ3v) is 3.01. The van der Waals surface area contributed by atoms with Crippen LogP contribution in [0.25, 0.3) is 0 Å². The molecule has 0 heterocycles. The highest BCUT2D eigenvalue weighted by Gasteiger charge is 2.27. The van der Waals surface area contributed by atoms with Gasteiger partial charge in [-0.1, -0.05) is 25.8 Å². The zero-order chi connectivity index (χ0) is 10.8. The average molecular weight is 195 g/mol. The van der Waals surface area contributed by atoms with Gasteiger partial charge in [-0.2, -0.15) is 0 Å². The molecule has 0 fully saturated rings. The van der Waals surface area contributed by atoms with Gasteiger partial charge in [0, 0.05) is 18.0 Å². The molecule has 2 heteroatoms. The minimum Gasteiger partial charge on any atom is -0.330 e. The first-order valence-corrected chi connectivity index (χ1v) is 5.41. The Morgan fingerprint density at radius 3 is 2.57 bits per heavy atom. The zero-order valence-corrected chi connectivity index (χ0v) is 9.74. The van der Waals surface area contributed by atoms with E-state index >= 15 is 0 Å². The van der Waals surface area contributed by atoms with Crippen LogP contribution in [0.5, 0.6) is 0 Å². The molecule has 1 rings (SSSR count). The summed E-state index contributed by atoms with van der Waals surface area (Å²) in [6.45, 7) is 8.15. The maximum atomic E-state index is 11.1. The Balaban J connectivity index is 2.95. The van der Waals surface area contributed by atoms with Crippen molar-refractivity contribution in [3.63, 3.8) is 0 Å². The Kier molecular flexibility index (Phi) is 3.35. The van der Waals surface area contributed by atoms with Gasteiger partial charge in [0.2, 0.25) is 5.91 Å². The van der Waals surface area contributed by atoms with Crippen molar-refractivity contribution >= 4 is 5.91 Å². The molecule has 0 bridgehead atoms. The molecular formula is C12H21NO. The Labute approximate surface area is 86.8 Å². The van der Waals surface area contributed by atoms with E-state index in [2.05, 4.69) is 26.1 Å². The summed E-state index contributed by atoms with van der Waals surface area (Å²) < 4.78 is 0. The quantitative estimate of drug-likeness (QED) is 0.684. The van der Waals surface area contributed by atoms with E-state index in [1.54, 1.807) is 6.92 Å². The number of allylic oxidation sites excluding steroid dienone is 2. The van der Waals surface area contributed by atoms with Crippen molar-refractivity contribution in [3.05, 3.63) is 11.3 Å². The lowest BCUT2D eigenvalue weighted by Gasteiger charge is -2.28. The fourth-order valence-corrected chi connectivity index (χ4v) is 2.24. The van der Waals surface area contributed by atoms with Gasteiger partial charge in [0.1, 0.15) is 0 Å². The summed E-state index contributed by atoms with van der Waals surface area (Å²) in [5.41, 5.74) is 2.64. The topological polar surface area (TPSA) is 29.1 Å². The number of hydrogen-bond donors (Lipinski definition) is 1. The number of amides is 1. The number of carbonyl (C=O) groups excluding carboxylic acids is 1. The van der Waals surface area contributed by atoms with Crippen LogP contribution in [-0.4, -0.2) is 5.91 Å². The second-order valence-electron chi connectivity index (χ2n) is 4.93. The minimum absolute atomic E-state index is 0.0503. The van der Waals surface area contributed by atoms with Gasteiger partial charge in [0.25, 0.3) is 0 Å². The molecule has 0 saturated carbocycles. The van der Waals surface area contributed by atoms with E-state index in [0.29, 0.717) is 0 Å². The molecule has 14 heavy (non-hydrogen) atoms. The Morgan fingerprint density at radius 2 is 2.00 bits per heavy atom. The molecule has 2 nitrogen and oxygen atoms in total. The normalized spacial score (nSPS) is 21.7. The van der Waals surface area contributed by atoms with E-state index in [-0.39, 0.29) is 11.3 Å². The second-order valence-corrected chi connectivity index (χ2v) is 4.93. The van der Waals surface area contributed by atoms with Crippen molar-refractivity contribution in [2.24, 2.45) is 5.41 Å². The summed E-state index contributed by atoms with van der Waals surface area (Å²) in [5.74, 6) is 0.0503. The van der Waals surface area contributed by atoms with E-state index in [1.807, 2.05) is 0 Å². The van der Waals surface area contributed by atoms with Crippen LogP contribution in [0.1, 0.15) is 53.4 Å². The minimum atomic E-state index is 0.0503. The van der Waals surface area contributed by atoms with E-state index in [1.165, 1.54) is 24.8 Å². The first kappa shape index (κ1) is 11.3. The molecule has 80 valence electrons. The van der Waals surface area contributed by atoms with E-state index in [4.69, 9.17) is 0 Å². The molecule has 1 aliphatic carbocycles. The maximum absolute atomic E-state index is 11.1. The van der Waals surface area contributed by atoms with Gasteiger partial charge >= 0.3 is 0 Å². The molecular weight excluding hydrogens is 174 g/mol. The fourth-order valence-electron chi connectivity index (χ4n) is 2.24. The number of nitrogens with one attached hydrogen (secondary N) is 1. The molecule has 0 spiro atoms. The first-order chi connectivity index (χ1) is 6.43. The summed E-state index contributed by atoms with van der Waals surface area (Å²) in [6, 6.07) is 0. The van der Waals surface area contributed by atoms with Gasteiger partial charge in [-0.3, -0.25) is 4.79 Å². The highest BCUT2D eigenvalue weighted by molar-refractivity contribution is 5.75. The standard InChI is InChI=1S/C12H21NO/c1-9-7-5-6-8-12(3,4)11(9)13-10(2)14/h5-8H2,1-4H3,(H,13,14). The second kappa shape index (κ2) is 4.16. The molecule has 0 atom stereocenters. The number of hydrogen-bond acceptors (Lipinski definition) is 1. The molecule has 0 unspecified atom stereocenters. The third kappa shape index (κ3) is 2.60. The highest BCUT2D eigenvalue weighted by atomic mass is 16.1. The summed E-state index contributed by atoms with van der Waals surface area (Å²) in [5, 5.41) is 3.00. The Morgan fingerprint density at radius 1 is 1.36 bits per heavy atom. The number of rotatable bonds is 1. The van der Waals surface area contributed by atoms with Crippen molar-refractivity contribution in [1.29, 1.82) is 0 Å². The van der Waals surface area contributed by atoms with Gasteiger partial charge in [0.05, 0.1) is 0 Å². The van der Waals surface area contributed by atoms with Crippen molar-refractivity contribution in [2.45, 2.75) is 53.4 Å². The summed E-state index contributed by atoms with van der Waals surface area (Å²) in [7, 11) is 0. The molecule has 1 N–H and O–H groups in total. The molecule has 0 aromatic rings. The van der Waals surface area contributed by atoms with Crippen molar-refractivity contribution in [3.8, 4) is 0 Å². The molecule has 0 aromatic heterocycles. The van der Waals surface area contributed by atoms with Crippen LogP contribution in [0.3, 0.4) is 0 Å². The van der Waals surface area contributed by atoms with Crippen molar-refractivity contribution in [2.75, 3.05) is 0 Å². The van der Waals surface area contributed by atoms with Crippen LogP contribution < -0.4 is 5.32 Å². The fraction of sp³-hybridized carbons (Fsp3) is 0.750. The Bertz CT molecular complexity index is 263. The molecule has 1 amide bonds. The van der Waals surface area contributed by atoms with Crippen LogP contribution in [0.4, 0.5) is 0 Å². The van der Waals surface area contributed by atoms with Gasteiger partial charge < -0.3 is 5.32 Å². The van der Waals surface area contributed by atoms with Crippen LogP contribution in [0.2, 0.25) is 0 Å². The smallest absolute Gasteiger partial charge is 0.221 e. The summed E-state index contributed by atoms with van der Waals surface area (Å²) >= 11 is 0. The zero-order valence-electron chi connectivity index (χ0n) is 9.74. The largest absolute Gasteiger partial charge is 0.330 e. The lowest BCUT2D eigenvalue weighted by molar-refractivity contribution is -0.118. The predicted octanol–water partition coefficient (Wildman–Crippen LogP) is 3.00. The van der Waals surface area contributed by atoms with Crippen LogP contribution in [0.15, 0.2) is 11.3 Å². The molecule has 0 radical (unpaired) electrons. The Hall–Kier alpha value is -0.790. The third-order valence-electron chi connectivity index (χ3n) is 3.01. The highest BCUT2D eigenvalue weighted by Crippen LogP contribution is 2.36. The molecule has 0 saturated heterocycles. The lowest BCUT2D eigenvalue weighted by Crippen LogP contribution is -2.30. The van der Waals surface area contributed by atoms with Gasteiger partial charge in [-0.05, 0) is 26.2 Å². The molecule has 0 aliphatic heterocycles. The lowest BCUT2D eigenvalue weighted by atomic mass is 9.84. The van der Waals surface area contributed by atoms with Crippen molar-refractivity contribution < 1.29 is 4.79 Å². The maximum Gasteiger partial charge on any atom is 0.221 e. The van der Waals surface area contributed by atoms with Gasteiger partial charge in [0.15, 0.2) is 0 Å². The average Bonchev–Trinajstić information content (AvgIpc) is 2.16. The van der Waals surface area contributed by atoms with Crippen LogP contribution in [-0.2, 0) is 4.79 Å². The summed E-state index contributed by atoms with van der Waals surface area (Å²) in [4.78, 5) is 11.1. The van der Waals surface area contributed by atoms with Crippen molar-refractivity contribution in [1.82, 2.24) is 5.32 Å².